The molecule has 0 bridgehead atoms. The van der Waals surface area contributed by atoms with Crippen molar-refractivity contribution in [2.45, 2.75) is 65.1 Å². The van der Waals surface area contributed by atoms with Gasteiger partial charge in [0.05, 0.1) is 6.10 Å². The zero-order chi connectivity index (χ0) is 14.0. The molecule has 2 aliphatic rings. The Bertz CT molecular complexity index is 292. The number of ether oxygens (including phenoxy) is 1. The fourth-order valence-corrected chi connectivity index (χ4v) is 3.86. The number of hydrogen-bond donors (Lipinski definition) is 1. The van der Waals surface area contributed by atoms with Gasteiger partial charge in [0, 0.05) is 31.2 Å². The van der Waals surface area contributed by atoms with Crippen molar-refractivity contribution in [3.63, 3.8) is 0 Å². The van der Waals surface area contributed by atoms with Crippen molar-refractivity contribution in [1.29, 1.82) is 0 Å². The molecule has 0 aromatic carbocycles. The summed E-state index contributed by atoms with van der Waals surface area (Å²) < 4.78 is 5.61. The molecule has 3 heteroatoms. The Morgan fingerprint density at radius 3 is 2.68 bits per heavy atom. The van der Waals surface area contributed by atoms with Gasteiger partial charge in [0.1, 0.15) is 0 Å². The summed E-state index contributed by atoms with van der Waals surface area (Å²) in [6.45, 7) is 13.0. The van der Waals surface area contributed by atoms with Crippen molar-refractivity contribution < 1.29 is 4.74 Å². The Morgan fingerprint density at radius 2 is 2.11 bits per heavy atom. The molecular formula is C16H32N2O. The fraction of sp³-hybridized carbons (Fsp3) is 1.00. The van der Waals surface area contributed by atoms with Crippen LogP contribution in [0.1, 0.15) is 47.0 Å². The van der Waals surface area contributed by atoms with Gasteiger partial charge in [-0.1, -0.05) is 27.7 Å². The van der Waals surface area contributed by atoms with Crippen LogP contribution in [0.4, 0.5) is 0 Å². The minimum Gasteiger partial charge on any atom is -0.381 e. The van der Waals surface area contributed by atoms with Gasteiger partial charge in [-0.15, -0.1) is 0 Å². The van der Waals surface area contributed by atoms with Crippen LogP contribution in [0.15, 0.2) is 0 Å². The van der Waals surface area contributed by atoms with Gasteiger partial charge in [0.2, 0.25) is 0 Å². The van der Waals surface area contributed by atoms with Gasteiger partial charge in [0.15, 0.2) is 0 Å². The lowest BCUT2D eigenvalue weighted by molar-refractivity contribution is -0.141. The highest BCUT2D eigenvalue weighted by molar-refractivity contribution is 5.04. The Balaban J connectivity index is 1.98. The third-order valence-corrected chi connectivity index (χ3v) is 5.41. The van der Waals surface area contributed by atoms with E-state index in [1.54, 1.807) is 0 Å². The van der Waals surface area contributed by atoms with Crippen LogP contribution in [0.5, 0.6) is 0 Å². The van der Waals surface area contributed by atoms with Crippen molar-refractivity contribution >= 4 is 0 Å². The summed E-state index contributed by atoms with van der Waals surface area (Å²) in [6.07, 6.45) is 4.18. The average Bonchev–Trinajstić information content (AvgIpc) is 2.35. The van der Waals surface area contributed by atoms with Gasteiger partial charge in [0.25, 0.3) is 0 Å². The van der Waals surface area contributed by atoms with Crippen LogP contribution in [0.25, 0.3) is 0 Å². The summed E-state index contributed by atoms with van der Waals surface area (Å²) in [5.41, 5.74) is 0.308. The molecule has 2 fully saturated rings. The lowest BCUT2D eigenvalue weighted by Crippen LogP contribution is -2.63. The van der Waals surface area contributed by atoms with Crippen LogP contribution in [0.3, 0.4) is 0 Å². The van der Waals surface area contributed by atoms with E-state index in [0.717, 1.165) is 12.5 Å². The first-order valence-electron chi connectivity index (χ1n) is 7.99. The Morgan fingerprint density at radius 1 is 1.37 bits per heavy atom. The van der Waals surface area contributed by atoms with Crippen LogP contribution in [0, 0.1) is 11.3 Å². The molecule has 1 saturated carbocycles. The molecule has 0 aromatic rings. The minimum atomic E-state index is 0.308. The smallest absolute Gasteiger partial charge is 0.0652 e. The third-order valence-electron chi connectivity index (χ3n) is 5.41. The summed E-state index contributed by atoms with van der Waals surface area (Å²) in [5, 5.41) is 3.71. The summed E-state index contributed by atoms with van der Waals surface area (Å²) in [5.74, 6) is 0.742. The molecule has 1 heterocycles. The van der Waals surface area contributed by atoms with E-state index < -0.39 is 0 Å². The van der Waals surface area contributed by atoms with Crippen LogP contribution < -0.4 is 5.32 Å². The maximum atomic E-state index is 5.61. The molecule has 1 aliphatic heterocycles. The first-order valence-corrected chi connectivity index (χ1v) is 7.99. The van der Waals surface area contributed by atoms with Crippen molar-refractivity contribution in [2.24, 2.45) is 11.3 Å². The SMILES string of the molecule is CCC1CCN(C2CC(OC)C2(C)C)CC(C)CN1. The van der Waals surface area contributed by atoms with Crippen molar-refractivity contribution in [2.75, 3.05) is 26.7 Å². The Labute approximate surface area is 119 Å². The molecule has 19 heavy (non-hydrogen) atoms. The summed E-state index contributed by atoms with van der Waals surface area (Å²) in [4.78, 5) is 2.74. The number of nitrogens with zero attached hydrogens (tertiary/aromatic N) is 1. The van der Waals surface area contributed by atoms with Gasteiger partial charge < -0.3 is 10.1 Å². The third kappa shape index (κ3) is 3.14. The molecule has 3 nitrogen and oxygen atoms in total. The number of rotatable bonds is 3. The molecule has 1 aliphatic carbocycles. The average molecular weight is 268 g/mol. The number of hydrogen-bond acceptors (Lipinski definition) is 3. The van der Waals surface area contributed by atoms with Crippen LogP contribution in [-0.4, -0.2) is 49.8 Å². The first-order chi connectivity index (χ1) is 8.98. The van der Waals surface area contributed by atoms with Crippen molar-refractivity contribution in [1.82, 2.24) is 10.2 Å². The minimum absolute atomic E-state index is 0.308. The quantitative estimate of drug-likeness (QED) is 0.851. The van der Waals surface area contributed by atoms with E-state index in [9.17, 15) is 0 Å². The van der Waals surface area contributed by atoms with Crippen LogP contribution in [0.2, 0.25) is 0 Å². The zero-order valence-electron chi connectivity index (χ0n) is 13.4. The molecule has 4 atom stereocenters. The standard InChI is InChI=1S/C16H32N2O/c1-6-13-7-8-18(11-12(2)10-17-13)14-9-15(19-5)16(14,3)4/h12-15,17H,6-11H2,1-5H3. The Hall–Kier alpha value is -0.120. The highest BCUT2D eigenvalue weighted by atomic mass is 16.5. The molecule has 112 valence electrons. The monoisotopic (exact) mass is 268 g/mol. The van der Waals surface area contributed by atoms with E-state index in [4.69, 9.17) is 4.74 Å². The van der Waals surface area contributed by atoms with Crippen molar-refractivity contribution in [3.05, 3.63) is 0 Å². The molecule has 0 spiro atoms. The zero-order valence-corrected chi connectivity index (χ0v) is 13.4. The van der Waals surface area contributed by atoms with Gasteiger partial charge >= 0.3 is 0 Å². The molecule has 0 radical (unpaired) electrons. The second kappa shape index (κ2) is 6.11. The maximum Gasteiger partial charge on any atom is 0.0652 e. The predicted molar refractivity (Wildman–Crippen MR) is 80.4 cm³/mol. The fourth-order valence-electron chi connectivity index (χ4n) is 3.86. The Kier molecular flexibility index (Phi) is 4.91. The van der Waals surface area contributed by atoms with Gasteiger partial charge in [-0.25, -0.2) is 0 Å². The lowest BCUT2D eigenvalue weighted by atomic mass is 9.63. The molecule has 4 unspecified atom stereocenters. The summed E-state index contributed by atoms with van der Waals surface area (Å²) >= 11 is 0. The van der Waals surface area contributed by atoms with E-state index >= 15 is 0 Å². The van der Waals surface area contributed by atoms with Crippen LogP contribution >= 0.6 is 0 Å². The van der Waals surface area contributed by atoms with Gasteiger partial charge in [-0.3, -0.25) is 4.90 Å². The lowest BCUT2D eigenvalue weighted by Gasteiger charge is -2.56. The second-order valence-corrected chi connectivity index (χ2v) is 7.20. The summed E-state index contributed by atoms with van der Waals surface area (Å²) in [6, 6.07) is 1.40. The van der Waals surface area contributed by atoms with Gasteiger partial charge in [-0.05, 0) is 38.3 Å². The largest absolute Gasteiger partial charge is 0.381 e. The molecule has 0 amide bonds. The number of methoxy groups -OCH3 is 1. The normalized spacial score (nSPS) is 40.3. The molecule has 0 aromatic heterocycles. The highest BCUT2D eigenvalue weighted by Crippen LogP contribution is 2.45. The van der Waals surface area contributed by atoms with E-state index in [1.165, 1.54) is 32.4 Å². The second-order valence-electron chi connectivity index (χ2n) is 7.20. The number of nitrogens with one attached hydrogen (secondary N) is 1. The first kappa shape index (κ1) is 15.3. The highest BCUT2D eigenvalue weighted by Gasteiger charge is 2.51. The van der Waals surface area contributed by atoms with Gasteiger partial charge in [-0.2, -0.15) is 0 Å². The molecule has 1 saturated heterocycles. The topological polar surface area (TPSA) is 24.5 Å². The van der Waals surface area contributed by atoms with Crippen LogP contribution in [-0.2, 0) is 4.74 Å². The van der Waals surface area contributed by atoms with E-state index in [-0.39, 0.29) is 0 Å². The van der Waals surface area contributed by atoms with Crippen molar-refractivity contribution in [3.8, 4) is 0 Å². The van der Waals surface area contributed by atoms with E-state index in [2.05, 4.69) is 37.9 Å². The molecule has 2 rings (SSSR count). The predicted octanol–water partition coefficient (Wildman–Crippen LogP) is 2.51. The summed E-state index contributed by atoms with van der Waals surface area (Å²) in [7, 11) is 1.86. The maximum absolute atomic E-state index is 5.61. The van der Waals surface area contributed by atoms with E-state index in [1.807, 2.05) is 7.11 Å². The van der Waals surface area contributed by atoms with E-state index in [0.29, 0.717) is 23.6 Å². The molecular weight excluding hydrogens is 236 g/mol. The molecule has 1 N–H and O–H groups in total.